The van der Waals surface area contributed by atoms with Crippen LogP contribution in [0, 0.1) is 0 Å². The summed E-state index contributed by atoms with van der Waals surface area (Å²) in [5.41, 5.74) is -10.3. The van der Waals surface area contributed by atoms with Gasteiger partial charge >= 0.3 is 31.3 Å². The predicted octanol–water partition coefficient (Wildman–Crippen LogP) is 2.90. The van der Waals surface area contributed by atoms with Gasteiger partial charge in [-0.3, -0.25) is 0 Å². The Hall–Kier alpha value is -3.02. The van der Waals surface area contributed by atoms with Gasteiger partial charge in [0.2, 0.25) is 11.8 Å². The van der Waals surface area contributed by atoms with Crippen LogP contribution >= 0.6 is 0 Å². The van der Waals surface area contributed by atoms with Crippen LogP contribution in [0.25, 0.3) is 0 Å². The highest BCUT2D eigenvalue weighted by Gasteiger charge is 2.49. The van der Waals surface area contributed by atoms with Gasteiger partial charge in [0.15, 0.2) is 0 Å². The van der Waals surface area contributed by atoms with Crippen LogP contribution in [0.15, 0.2) is 36.7 Å². The first-order valence-electron chi connectivity index (χ1n) is 9.29. The summed E-state index contributed by atoms with van der Waals surface area (Å²) >= 11 is 0. The average Bonchev–Trinajstić information content (AvgIpc) is 2.72. The number of rotatable bonds is 10. The van der Waals surface area contributed by atoms with Crippen LogP contribution in [0.5, 0.6) is 11.8 Å². The molecule has 0 aliphatic carbocycles. The molecule has 0 spiro atoms. The Kier molecular flexibility index (Phi) is 8.31. The molecule has 0 saturated heterocycles. The monoisotopic (exact) mass is 552 g/mol. The Balaban J connectivity index is 1.88. The molecule has 0 aliphatic heterocycles. The van der Waals surface area contributed by atoms with Gasteiger partial charge in [0, 0.05) is 39.3 Å². The van der Waals surface area contributed by atoms with Crippen LogP contribution in [-0.2, 0) is 20.2 Å². The molecule has 0 radical (unpaired) electrons. The summed E-state index contributed by atoms with van der Waals surface area (Å²) < 4.78 is 126. The van der Waals surface area contributed by atoms with Crippen LogP contribution < -0.4 is 18.2 Å². The molecule has 2 aromatic heterocycles. The number of hydrogen-bond donors (Lipinski definition) is 0. The molecule has 0 aliphatic rings. The maximum Gasteiger partial charge on any atom is 0.534 e. The van der Waals surface area contributed by atoms with Crippen LogP contribution in [0.3, 0.4) is 0 Å². The first-order chi connectivity index (χ1) is 15.9. The molecule has 2 rings (SSSR count). The van der Waals surface area contributed by atoms with Gasteiger partial charge in [-0.2, -0.15) is 43.2 Å². The van der Waals surface area contributed by atoms with E-state index >= 15 is 0 Å². The number of aromatic nitrogens is 2. The molecule has 2 aromatic rings. The molecule has 0 fully saturated rings. The van der Waals surface area contributed by atoms with Crippen LogP contribution in [0.2, 0.25) is 0 Å². The molecule has 0 N–H and O–H groups in total. The lowest BCUT2D eigenvalue weighted by Gasteiger charge is -2.23. The Morgan fingerprint density at radius 1 is 0.714 bits per heavy atom. The predicted molar refractivity (Wildman–Crippen MR) is 111 cm³/mol. The molecule has 0 aromatic carbocycles. The largest absolute Gasteiger partial charge is 0.534 e. The van der Waals surface area contributed by atoms with E-state index in [4.69, 9.17) is 0 Å². The molecule has 196 valence electrons. The summed E-state index contributed by atoms with van der Waals surface area (Å²) in [6.07, 6.45) is 2.78. The van der Waals surface area contributed by atoms with E-state index in [-0.39, 0.29) is 0 Å². The molecule has 0 bridgehead atoms. The van der Waals surface area contributed by atoms with Crippen molar-refractivity contribution in [2.24, 2.45) is 0 Å². The smallest absolute Gasteiger partial charge is 0.373 e. The van der Waals surface area contributed by atoms with E-state index in [1.807, 2.05) is 0 Å². The van der Waals surface area contributed by atoms with Crippen molar-refractivity contribution in [2.45, 2.75) is 17.4 Å². The molecular weight excluding hydrogens is 534 g/mol. The third kappa shape index (κ3) is 7.48. The molecule has 18 heteroatoms. The second kappa shape index (κ2) is 10.3. The lowest BCUT2D eigenvalue weighted by atomic mass is 10.3. The summed E-state index contributed by atoms with van der Waals surface area (Å²) in [4.78, 5) is 10.5. The van der Waals surface area contributed by atoms with Crippen LogP contribution in [0.1, 0.15) is 6.42 Å². The van der Waals surface area contributed by atoms with E-state index in [2.05, 4.69) is 18.3 Å². The van der Waals surface area contributed by atoms with Crippen molar-refractivity contribution in [1.82, 2.24) is 9.97 Å². The molecular formula is C17H18F6N4O6S2. The van der Waals surface area contributed by atoms with Gasteiger partial charge in [0.1, 0.15) is 0 Å². The van der Waals surface area contributed by atoms with Crippen LogP contribution in [-0.4, -0.2) is 65.0 Å². The van der Waals surface area contributed by atoms with Gasteiger partial charge < -0.3 is 18.2 Å². The quantitative estimate of drug-likeness (QED) is 0.247. The zero-order chi connectivity index (χ0) is 26.7. The minimum atomic E-state index is -5.83. The van der Waals surface area contributed by atoms with Gasteiger partial charge in [0.25, 0.3) is 0 Å². The SMILES string of the molecule is CN(CCCN(C)c1ccc(OS(=O)(=O)C(F)(F)F)nc1)c1ccc(OS(=O)(=O)C(F)(F)F)nc1. The molecule has 0 unspecified atom stereocenters. The van der Waals surface area contributed by atoms with Gasteiger partial charge in [-0.15, -0.1) is 0 Å². The highest BCUT2D eigenvalue weighted by molar-refractivity contribution is 7.88. The zero-order valence-corrected chi connectivity index (χ0v) is 19.5. The minimum Gasteiger partial charge on any atom is -0.373 e. The van der Waals surface area contributed by atoms with E-state index in [0.717, 1.165) is 24.5 Å². The fraction of sp³-hybridized carbons (Fsp3) is 0.412. The second-order valence-electron chi connectivity index (χ2n) is 6.87. The van der Waals surface area contributed by atoms with Crippen molar-refractivity contribution in [3.8, 4) is 11.8 Å². The molecule has 0 saturated carbocycles. The third-order valence-corrected chi connectivity index (χ3v) is 6.18. The van der Waals surface area contributed by atoms with Crippen LogP contribution in [0.4, 0.5) is 37.7 Å². The number of hydrogen-bond acceptors (Lipinski definition) is 10. The molecule has 0 amide bonds. The van der Waals surface area contributed by atoms with E-state index in [1.54, 1.807) is 23.9 Å². The Morgan fingerprint density at radius 3 is 1.31 bits per heavy atom. The summed E-state index contributed by atoms with van der Waals surface area (Å²) in [5.74, 6) is -1.50. The van der Waals surface area contributed by atoms with Gasteiger partial charge in [0.05, 0.1) is 23.8 Å². The number of alkyl halides is 6. The number of halogens is 6. The fourth-order valence-corrected chi connectivity index (χ4v) is 3.25. The van der Waals surface area contributed by atoms with Crippen molar-refractivity contribution in [2.75, 3.05) is 37.0 Å². The molecule has 10 nitrogen and oxygen atoms in total. The Morgan fingerprint density at radius 2 is 1.06 bits per heavy atom. The van der Waals surface area contributed by atoms with Gasteiger partial charge in [-0.1, -0.05) is 0 Å². The first-order valence-corrected chi connectivity index (χ1v) is 12.1. The third-order valence-electron chi connectivity index (χ3n) is 4.27. The Labute approximate surface area is 196 Å². The molecule has 35 heavy (non-hydrogen) atoms. The van der Waals surface area contributed by atoms with Gasteiger partial charge in [-0.05, 0) is 18.6 Å². The van der Waals surface area contributed by atoms with Crippen molar-refractivity contribution in [1.29, 1.82) is 0 Å². The topological polar surface area (TPSA) is 119 Å². The number of pyridine rings is 2. The Bertz CT molecular complexity index is 1110. The second-order valence-corrected chi connectivity index (χ2v) is 9.95. The standard InChI is InChI=1S/C17H18F6N4O6S2/c1-26(12-4-6-14(24-10-12)32-34(28,29)16(18,19)20)8-3-9-27(2)13-5-7-15(25-11-13)33-35(30,31)17(21,22)23/h4-7,10-11H,3,8-9H2,1-2H3. The van der Waals surface area contributed by atoms with Crippen molar-refractivity contribution in [3.05, 3.63) is 36.7 Å². The van der Waals surface area contributed by atoms with Crippen molar-refractivity contribution >= 4 is 31.6 Å². The normalized spacial score (nSPS) is 12.8. The maximum atomic E-state index is 12.4. The number of anilines is 2. The zero-order valence-electron chi connectivity index (χ0n) is 17.9. The van der Waals surface area contributed by atoms with E-state index < -0.39 is 43.0 Å². The number of nitrogens with zero attached hydrogens (tertiary/aromatic N) is 4. The summed E-state index contributed by atoms with van der Waals surface area (Å²) in [7, 11) is -8.35. The van der Waals surface area contributed by atoms with Crippen molar-refractivity contribution < 1.29 is 51.5 Å². The summed E-state index contributed by atoms with van der Waals surface area (Å²) in [6.45, 7) is 0.844. The minimum absolute atomic E-state index is 0.422. The summed E-state index contributed by atoms with van der Waals surface area (Å²) in [5, 5.41) is 0. The van der Waals surface area contributed by atoms with Crippen molar-refractivity contribution in [3.63, 3.8) is 0 Å². The van der Waals surface area contributed by atoms with Gasteiger partial charge in [-0.25, -0.2) is 9.97 Å². The van der Waals surface area contributed by atoms with E-state index in [9.17, 15) is 43.2 Å². The average molecular weight is 552 g/mol. The summed E-state index contributed by atoms with van der Waals surface area (Å²) in [6, 6.07) is 4.57. The molecule has 0 atom stereocenters. The van der Waals surface area contributed by atoms with E-state index in [1.165, 1.54) is 12.1 Å². The fourth-order valence-electron chi connectivity index (χ4n) is 2.42. The molecule has 2 heterocycles. The maximum absolute atomic E-state index is 12.4. The highest BCUT2D eigenvalue weighted by atomic mass is 32.2. The highest BCUT2D eigenvalue weighted by Crippen LogP contribution is 2.28. The lowest BCUT2D eigenvalue weighted by molar-refractivity contribution is -0.0506. The first kappa shape index (κ1) is 28.2. The lowest BCUT2D eigenvalue weighted by Crippen LogP contribution is -2.28. The van der Waals surface area contributed by atoms with E-state index in [0.29, 0.717) is 30.9 Å².